The van der Waals surface area contributed by atoms with Crippen LogP contribution in [-0.2, 0) is 23.8 Å². The summed E-state index contributed by atoms with van der Waals surface area (Å²) in [6.45, 7) is 5.41. The highest BCUT2D eigenvalue weighted by Crippen LogP contribution is 2.29. The topological polar surface area (TPSA) is 61.8 Å². The Bertz CT molecular complexity index is 574. The van der Waals surface area contributed by atoms with Crippen LogP contribution in [0.2, 0.25) is 0 Å². The van der Waals surface area contributed by atoms with Crippen LogP contribution in [0.5, 0.6) is 0 Å². The molecule has 5 nitrogen and oxygen atoms in total. The van der Waals surface area contributed by atoms with Gasteiger partial charge in [0.15, 0.2) is 11.3 Å². The summed E-state index contributed by atoms with van der Waals surface area (Å²) in [7, 11) is 0. The largest absolute Gasteiger partial charge is 0.462 e. The predicted molar refractivity (Wildman–Crippen MR) is 75.8 cm³/mol. The summed E-state index contributed by atoms with van der Waals surface area (Å²) in [6, 6.07) is 8.90. The molecule has 0 amide bonds. The third-order valence-corrected chi connectivity index (χ3v) is 2.79. The number of carbonyl (C=O) groups excluding carboxylic acids is 2. The van der Waals surface area contributed by atoms with Crippen LogP contribution in [-0.4, -0.2) is 24.8 Å². The van der Waals surface area contributed by atoms with E-state index in [-0.39, 0.29) is 17.9 Å². The summed E-state index contributed by atoms with van der Waals surface area (Å²) in [5.74, 6) is -1.32. The average molecular weight is 288 g/mol. The highest BCUT2D eigenvalue weighted by atomic mass is 16.7. The Labute approximate surface area is 122 Å². The second-order valence-corrected chi connectivity index (χ2v) is 4.27. The van der Waals surface area contributed by atoms with Gasteiger partial charge in [-0.2, -0.15) is 0 Å². The minimum absolute atomic E-state index is 0.160. The zero-order chi connectivity index (χ0) is 15.2. The van der Waals surface area contributed by atoms with E-state index in [1.54, 1.807) is 37.3 Å². The number of hydrogen-bond donors (Lipinski definition) is 0. The lowest BCUT2D eigenvalue weighted by Crippen LogP contribution is -2.32. The van der Waals surface area contributed by atoms with Crippen molar-refractivity contribution in [2.24, 2.45) is 0 Å². The van der Waals surface area contributed by atoms with E-state index in [9.17, 15) is 9.59 Å². The monoisotopic (exact) mass is 288 g/mol. The summed E-state index contributed by atoms with van der Waals surface area (Å²) < 4.78 is 15.6. The van der Waals surface area contributed by atoms with Gasteiger partial charge < -0.3 is 14.2 Å². The maximum Gasteiger partial charge on any atom is 0.352 e. The summed E-state index contributed by atoms with van der Waals surface area (Å²) in [6.07, 6.45) is 1.12. The number of rotatable bonds is 5. The van der Waals surface area contributed by atoms with Crippen LogP contribution in [0.25, 0.3) is 5.76 Å². The number of carbonyl (C=O) groups is 2. The van der Waals surface area contributed by atoms with Crippen LogP contribution in [0.3, 0.4) is 0 Å². The minimum Gasteiger partial charge on any atom is -0.462 e. The number of esters is 2. The summed E-state index contributed by atoms with van der Waals surface area (Å²) in [5, 5.41) is 0. The first-order valence-electron chi connectivity index (χ1n) is 6.62. The molecular weight excluding hydrogens is 272 g/mol. The maximum absolute atomic E-state index is 12.1. The predicted octanol–water partition coefficient (Wildman–Crippen LogP) is 2.44. The molecule has 110 valence electrons. The molecule has 0 saturated carbocycles. The molecule has 21 heavy (non-hydrogen) atoms. The third-order valence-electron chi connectivity index (χ3n) is 2.79. The van der Waals surface area contributed by atoms with Gasteiger partial charge in [0.2, 0.25) is 6.29 Å². The molecule has 0 saturated heterocycles. The molecule has 0 N–H and O–H groups in total. The molecule has 0 spiro atoms. The van der Waals surface area contributed by atoms with E-state index >= 15 is 0 Å². The van der Waals surface area contributed by atoms with Crippen molar-refractivity contribution < 1.29 is 23.8 Å². The van der Waals surface area contributed by atoms with Crippen molar-refractivity contribution in [3.05, 3.63) is 54.1 Å². The fourth-order valence-corrected chi connectivity index (χ4v) is 1.90. The van der Waals surface area contributed by atoms with Gasteiger partial charge in [-0.15, -0.1) is 6.58 Å². The fourth-order valence-electron chi connectivity index (χ4n) is 1.90. The molecule has 1 aromatic rings. The van der Waals surface area contributed by atoms with Gasteiger partial charge in [0.05, 0.1) is 6.61 Å². The Kier molecular flexibility index (Phi) is 4.77. The third kappa shape index (κ3) is 3.31. The second kappa shape index (κ2) is 6.74. The molecule has 1 unspecified atom stereocenters. The van der Waals surface area contributed by atoms with E-state index in [1.807, 2.05) is 6.07 Å². The van der Waals surface area contributed by atoms with E-state index in [0.29, 0.717) is 12.0 Å². The molecule has 2 rings (SSSR count). The lowest BCUT2D eigenvalue weighted by Gasteiger charge is -2.26. The van der Waals surface area contributed by atoms with Crippen molar-refractivity contribution in [1.29, 1.82) is 0 Å². The SMILES string of the molecule is C=CCC1OC(=O)C(C(=O)OCC)=C(c2ccccc2)O1. The van der Waals surface area contributed by atoms with Gasteiger partial charge in [-0.3, -0.25) is 0 Å². The van der Waals surface area contributed by atoms with Crippen molar-refractivity contribution in [3.63, 3.8) is 0 Å². The van der Waals surface area contributed by atoms with Crippen LogP contribution in [0.4, 0.5) is 0 Å². The molecule has 1 aliphatic heterocycles. The quantitative estimate of drug-likeness (QED) is 0.473. The number of ether oxygens (including phenoxy) is 3. The number of hydrogen-bond acceptors (Lipinski definition) is 5. The standard InChI is InChI=1S/C16H16O5/c1-3-8-12-20-14(11-9-6-5-7-10-11)13(16(18)21-12)15(17)19-4-2/h3,5-7,9-10,12H,1,4,8H2,2H3. The Morgan fingerprint density at radius 1 is 1.33 bits per heavy atom. The van der Waals surface area contributed by atoms with E-state index < -0.39 is 18.2 Å². The van der Waals surface area contributed by atoms with Gasteiger partial charge in [0.1, 0.15) is 0 Å². The van der Waals surface area contributed by atoms with Crippen LogP contribution in [0.1, 0.15) is 18.9 Å². The van der Waals surface area contributed by atoms with Crippen LogP contribution < -0.4 is 0 Å². The first-order chi connectivity index (χ1) is 10.2. The fraction of sp³-hybridized carbons (Fsp3) is 0.250. The molecule has 0 bridgehead atoms. The first-order valence-corrected chi connectivity index (χ1v) is 6.62. The first kappa shape index (κ1) is 14.8. The molecule has 1 aromatic carbocycles. The van der Waals surface area contributed by atoms with Gasteiger partial charge in [-0.05, 0) is 6.92 Å². The van der Waals surface area contributed by atoms with Crippen LogP contribution >= 0.6 is 0 Å². The smallest absolute Gasteiger partial charge is 0.352 e. The van der Waals surface area contributed by atoms with Crippen LogP contribution in [0, 0.1) is 0 Å². The van der Waals surface area contributed by atoms with E-state index in [1.165, 1.54) is 0 Å². The van der Waals surface area contributed by atoms with Crippen LogP contribution in [0.15, 0.2) is 48.6 Å². The zero-order valence-corrected chi connectivity index (χ0v) is 11.7. The summed E-state index contributed by atoms with van der Waals surface area (Å²) >= 11 is 0. The zero-order valence-electron chi connectivity index (χ0n) is 11.7. The lowest BCUT2D eigenvalue weighted by molar-refractivity contribution is -0.169. The number of benzene rings is 1. The Hall–Kier alpha value is -2.56. The summed E-state index contributed by atoms with van der Waals surface area (Å²) in [5.41, 5.74) is 0.398. The van der Waals surface area contributed by atoms with Gasteiger partial charge in [0, 0.05) is 12.0 Å². The van der Waals surface area contributed by atoms with Crippen molar-refractivity contribution in [2.45, 2.75) is 19.6 Å². The Morgan fingerprint density at radius 2 is 2.05 bits per heavy atom. The van der Waals surface area contributed by atoms with Crippen molar-refractivity contribution >= 4 is 17.7 Å². The van der Waals surface area contributed by atoms with Gasteiger partial charge in [-0.25, -0.2) is 9.59 Å². The molecule has 0 fully saturated rings. The molecule has 0 aromatic heterocycles. The van der Waals surface area contributed by atoms with Gasteiger partial charge >= 0.3 is 11.9 Å². The second-order valence-electron chi connectivity index (χ2n) is 4.27. The normalized spacial score (nSPS) is 17.8. The molecule has 5 heteroatoms. The Balaban J connectivity index is 2.46. The van der Waals surface area contributed by atoms with Crippen molar-refractivity contribution in [3.8, 4) is 0 Å². The van der Waals surface area contributed by atoms with E-state index in [0.717, 1.165) is 0 Å². The molecule has 1 heterocycles. The molecule has 1 aliphatic rings. The van der Waals surface area contributed by atoms with E-state index in [2.05, 4.69) is 6.58 Å². The van der Waals surface area contributed by atoms with Crippen molar-refractivity contribution in [1.82, 2.24) is 0 Å². The molecule has 0 radical (unpaired) electrons. The average Bonchev–Trinajstić information content (AvgIpc) is 2.48. The molecule has 1 atom stereocenters. The highest BCUT2D eigenvalue weighted by Gasteiger charge is 2.35. The number of cyclic esters (lactones) is 1. The Morgan fingerprint density at radius 3 is 2.67 bits per heavy atom. The molecular formula is C16H16O5. The lowest BCUT2D eigenvalue weighted by atomic mass is 10.1. The highest BCUT2D eigenvalue weighted by molar-refractivity contribution is 6.19. The van der Waals surface area contributed by atoms with Gasteiger partial charge in [-0.1, -0.05) is 36.4 Å². The van der Waals surface area contributed by atoms with E-state index in [4.69, 9.17) is 14.2 Å². The van der Waals surface area contributed by atoms with Gasteiger partial charge in [0.25, 0.3) is 0 Å². The maximum atomic E-state index is 12.1. The molecule has 0 aliphatic carbocycles. The minimum atomic E-state index is -0.789. The summed E-state index contributed by atoms with van der Waals surface area (Å²) in [4.78, 5) is 24.1. The van der Waals surface area contributed by atoms with Crippen molar-refractivity contribution in [2.75, 3.05) is 6.61 Å².